The largest absolute Gasteiger partial charge is 0.480 e. The standard InChI is InChI=1S/C16H17BrN2O2/c1-10-4-5-14(13(17)8-10)21-12(3)16(20)19-15-9-11(2)6-7-18-15/h4-9,12H,1-3H3,(H,18,19,20)/t12-/m1/s1. The van der Waals surface area contributed by atoms with Gasteiger partial charge in [-0.2, -0.15) is 0 Å². The van der Waals surface area contributed by atoms with Crippen LogP contribution < -0.4 is 10.1 Å². The maximum absolute atomic E-state index is 12.1. The van der Waals surface area contributed by atoms with Gasteiger partial charge >= 0.3 is 0 Å². The molecule has 21 heavy (non-hydrogen) atoms. The van der Waals surface area contributed by atoms with Gasteiger partial charge in [-0.25, -0.2) is 4.98 Å². The summed E-state index contributed by atoms with van der Waals surface area (Å²) in [6.07, 6.45) is 1.04. The van der Waals surface area contributed by atoms with Gasteiger partial charge in [-0.05, 0) is 72.1 Å². The minimum atomic E-state index is -0.619. The number of nitrogens with one attached hydrogen (secondary N) is 1. The molecule has 1 atom stereocenters. The molecule has 110 valence electrons. The van der Waals surface area contributed by atoms with E-state index in [4.69, 9.17) is 4.74 Å². The van der Waals surface area contributed by atoms with Crippen LogP contribution in [0.5, 0.6) is 5.75 Å². The fourth-order valence-electron chi connectivity index (χ4n) is 1.78. The fourth-order valence-corrected chi connectivity index (χ4v) is 2.36. The Balaban J connectivity index is 2.02. The van der Waals surface area contributed by atoms with Gasteiger partial charge < -0.3 is 10.1 Å². The van der Waals surface area contributed by atoms with Gasteiger partial charge in [0.05, 0.1) is 4.47 Å². The number of ether oxygens (including phenoxy) is 1. The molecule has 1 N–H and O–H groups in total. The third-order valence-corrected chi connectivity index (χ3v) is 3.55. The van der Waals surface area contributed by atoms with Gasteiger partial charge in [-0.1, -0.05) is 6.07 Å². The Labute approximate surface area is 132 Å². The van der Waals surface area contributed by atoms with Crippen molar-refractivity contribution < 1.29 is 9.53 Å². The molecule has 0 saturated carbocycles. The second kappa shape index (κ2) is 6.72. The molecule has 0 spiro atoms. The second-order valence-corrected chi connectivity index (χ2v) is 5.76. The van der Waals surface area contributed by atoms with Crippen LogP contribution in [0.1, 0.15) is 18.1 Å². The van der Waals surface area contributed by atoms with Crippen molar-refractivity contribution in [3.8, 4) is 5.75 Å². The number of anilines is 1. The Morgan fingerprint density at radius 1 is 1.24 bits per heavy atom. The van der Waals surface area contributed by atoms with Crippen molar-refractivity contribution in [1.82, 2.24) is 4.98 Å². The molecule has 1 heterocycles. The summed E-state index contributed by atoms with van der Waals surface area (Å²) in [7, 11) is 0. The van der Waals surface area contributed by atoms with Crippen LogP contribution in [0.15, 0.2) is 41.0 Å². The van der Waals surface area contributed by atoms with Crippen LogP contribution in [0.25, 0.3) is 0 Å². The summed E-state index contributed by atoms with van der Waals surface area (Å²) in [4.78, 5) is 16.2. The fraction of sp³-hybridized carbons (Fsp3) is 0.250. The molecule has 5 heteroatoms. The van der Waals surface area contributed by atoms with Crippen LogP contribution in [0.2, 0.25) is 0 Å². The zero-order valence-electron chi connectivity index (χ0n) is 12.2. The minimum absolute atomic E-state index is 0.236. The van der Waals surface area contributed by atoms with E-state index >= 15 is 0 Å². The van der Waals surface area contributed by atoms with Crippen LogP contribution in [-0.4, -0.2) is 17.0 Å². The summed E-state index contributed by atoms with van der Waals surface area (Å²) in [5.41, 5.74) is 2.16. The third kappa shape index (κ3) is 4.29. The molecule has 0 aliphatic carbocycles. The number of hydrogen-bond donors (Lipinski definition) is 1. The number of pyridine rings is 1. The van der Waals surface area contributed by atoms with Crippen molar-refractivity contribution in [3.63, 3.8) is 0 Å². The maximum Gasteiger partial charge on any atom is 0.266 e. The molecule has 1 amide bonds. The van der Waals surface area contributed by atoms with E-state index in [-0.39, 0.29) is 5.91 Å². The lowest BCUT2D eigenvalue weighted by Gasteiger charge is -2.15. The molecule has 0 aliphatic rings. The number of hydrogen-bond acceptors (Lipinski definition) is 3. The summed E-state index contributed by atoms with van der Waals surface area (Å²) >= 11 is 3.43. The number of aromatic nitrogens is 1. The first-order chi connectivity index (χ1) is 9.95. The SMILES string of the molecule is Cc1ccnc(NC(=O)[C@@H](C)Oc2ccc(C)cc2Br)c1. The first-order valence-corrected chi connectivity index (χ1v) is 7.41. The lowest BCUT2D eigenvalue weighted by atomic mass is 10.2. The van der Waals surface area contributed by atoms with Crippen molar-refractivity contribution >= 4 is 27.7 Å². The van der Waals surface area contributed by atoms with Crippen molar-refractivity contribution in [2.24, 2.45) is 0 Å². The monoisotopic (exact) mass is 348 g/mol. The number of carbonyl (C=O) groups excluding carboxylic acids is 1. The Bertz CT molecular complexity index is 658. The second-order valence-electron chi connectivity index (χ2n) is 4.90. The summed E-state index contributed by atoms with van der Waals surface area (Å²) in [5.74, 6) is 0.930. The predicted octanol–water partition coefficient (Wildman–Crippen LogP) is 3.87. The van der Waals surface area contributed by atoms with Crippen LogP contribution >= 0.6 is 15.9 Å². The normalized spacial score (nSPS) is 11.8. The Morgan fingerprint density at radius 2 is 1.95 bits per heavy atom. The van der Waals surface area contributed by atoms with Gasteiger partial charge in [-0.15, -0.1) is 0 Å². The molecule has 0 radical (unpaired) electrons. The molecule has 2 aromatic rings. The van der Waals surface area contributed by atoms with E-state index < -0.39 is 6.10 Å². The van der Waals surface area contributed by atoms with Gasteiger partial charge in [0, 0.05) is 6.20 Å². The molecule has 0 saturated heterocycles. The number of amides is 1. The van der Waals surface area contributed by atoms with Crippen LogP contribution in [-0.2, 0) is 4.79 Å². The maximum atomic E-state index is 12.1. The van der Waals surface area contributed by atoms with E-state index in [1.807, 2.05) is 44.2 Å². The quantitative estimate of drug-likeness (QED) is 0.912. The van der Waals surface area contributed by atoms with Crippen molar-refractivity contribution in [3.05, 3.63) is 52.1 Å². The molecule has 1 aromatic carbocycles. The highest BCUT2D eigenvalue weighted by molar-refractivity contribution is 9.10. The van der Waals surface area contributed by atoms with E-state index in [0.29, 0.717) is 11.6 Å². The van der Waals surface area contributed by atoms with Gasteiger partial charge in [-0.3, -0.25) is 4.79 Å². The Kier molecular flexibility index (Phi) is 4.96. The van der Waals surface area contributed by atoms with E-state index in [9.17, 15) is 4.79 Å². The third-order valence-electron chi connectivity index (χ3n) is 2.93. The van der Waals surface area contributed by atoms with E-state index in [1.165, 1.54) is 0 Å². The first kappa shape index (κ1) is 15.5. The molecule has 4 nitrogen and oxygen atoms in total. The summed E-state index contributed by atoms with van der Waals surface area (Å²) in [6, 6.07) is 9.41. The number of carbonyl (C=O) groups is 1. The average molecular weight is 349 g/mol. The number of rotatable bonds is 4. The van der Waals surface area contributed by atoms with Crippen molar-refractivity contribution in [1.29, 1.82) is 0 Å². The van der Waals surface area contributed by atoms with Crippen LogP contribution in [0.4, 0.5) is 5.82 Å². The highest BCUT2D eigenvalue weighted by atomic mass is 79.9. The zero-order chi connectivity index (χ0) is 15.4. The number of aryl methyl sites for hydroxylation is 2. The van der Waals surface area contributed by atoms with E-state index in [0.717, 1.165) is 15.6 Å². The van der Waals surface area contributed by atoms with E-state index in [2.05, 4.69) is 26.2 Å². The van der Waals surface area contributed by atoms with Gasteiger partial charge in [0.2, 0.25) is 0 Å². The Hall–Kier alpha value is -1.88. The first-order valence-electron chi connectivity index (χ1n) is 6.62. The van der Waals surface area contributed by atoms with Gasteiger partial charge in [0.25, 0.3) is 5.91 Å². The molecular weight excluding hydrogens is 332 g/mol. The van der Waals surface area contributed by atoms with Crippen molar-refractivity contribution in [2.45, 2.75) is 26.9 Å². The predicted molar refractivity (Wildman–Crippen MR) is 86.6 cm³/mol. The minimum Gasteiger partial charge on any atom is -0.480 e. The number of halogens is 1. The summed E-state index contributed by atoms with van der Waals surface area (Å²) in [6.45, 7) is 5.65. The van der Waals surface area contributed by atoms with Gasteiger partial charge in [0.15, 0.2) is 6.10 Å². The zero-order valence-corrected chi connectivity index (χ0v) is 13.8. The molecular formula is C16H17BrN2O2. The highest BCUT2D eigenvalue weighted by Crippen LogP contribution is 2.26. The molecule has 0 bridgehead atoms. The lowest BCUT2D eigenvalue weighted by Crippen LogP contribution is -2.30. The molecule has 0 unspecified atom stereocenters. The molecule has 2 rings (SSSR count). The van der Waals surface area contributed by atoms with E-state index in [1.54, 1.807) is 13.1 Å². The Morgan fingerprint density at radius 3 is 2.62 bits per heavy atom. The van der Waals surface area contributed by atoms with Crippen LogP contribution in [0, 0.1) is 13.8 Å². The number of benzene rings is 1. The van der Waals surface area contributed by atoms with Crippen LogP contribution in [0.3, 0.4) is 0 Å². The van der Waals surface area contributed by atoms with Crippen molar-refractivity contribution in [2.75, 3.05) is 5.32 Å². The molecule has 0 fully saturated rings. The molecule has 1 aromatic heterocycles. The van der Waals surface area contributed by atoms with Gasteiger partial charge in [0.1, 0.15) is 11.6 Å². The summed E-state index contributed by atoms with van der Waals surface area (Å²) < 4.78 is 6.51. The average Bonchev–Trinajstić information content (AvgIpc) is 2.41. The smallest absolute Gasteiger partial charge is 0.266 e. The lowest BCUT2D eigenvalue weighted by molar-refractivity contribution is -0.122. The topological polar surface area (TPSA) is 51.2 Å². The summed E-state index contributed by atoms with van der Waals surface area (Å²) in [5, 5.41) is 2.74. The molecule has 0 aliphatic heterocycles. The number of nitrogens with zero attached hydrogens (tertiary/aromatic N) is 1. The highest BCUT2D eigenvalue weighted by Gasteiger charge is 2.16.